The van der Waals surface area contributed by atoms with E-state index in [9.17, 15) is 0 Å². The van der Waals surface area contributed by atoms with Crippen LogP contribution in [0.1, 0.15) is 167 Å². The van der Waals surface area contributed by atoms with Gasteiger partial charge in [-0.15, -0.1) is 6.58 Å². The summed E-state index contributed by atoms with van der Waals surface area (Å²) < 4.78 is 0. The number of aliphatic imine (C=N–C) groups is 1. The van der Waals surface area contributed by atoms with Crippen molar-refractivity contribution in [2.75, 3.05) is 7.05 Å². The summed E-state index contributed by atoms with van der Waals surface area (Å²) in [7, 11) is 1.88. The number of hydrogen-bond donors (Lipinski definition) is 0. The first-order chi connectivity index (χ1) is 21.9. The number of hydrogen-bond acceptors (Lipinski definition) is 1. The van der Waals surface area contributed by atoms with Crippen molar-refractivity contribution in [3.05, 3.63) is 94.1 Å². The summed E-state index contributed by atoms with van der Waals surface area (Å²) in [6.45, 7) is 40.0. The van der Waals surface area contributed by atoms with Crippen molar-refractivity contribution in [1.29, 1.82) is 0 Å². The van der Waals surface area contributed by atoms with Crippen LogP contribution in [0.5, 0.6) is 0 Å². The quantitative estimate of drug-likeness (QED) is 0.118. The molecule has 0 heterocycles. The van der Waals surface area contributed by atoms with Crippen LogP contribution in [0, 0.1) is 33.6 Å². The molecule has 1 heteroatoms. The average Bonchev–Trinajstić information content (AvgIpc) is 3.04. The van der Waals surface area contributed by atoms with Gasteiger partial charge in [0.15, 0.2) is 0 Å². The Morgan fingerprint density at radius 2 is 1.20 bits per heavy atom. The molecule has 0 atom stereocenters. The van der Waals surface area contributed by atoms with E-state index in [4.69, 9.17) is 0 Å². The van der Waals surface area contributed by atoms with Crippen LogP contribution in [0.4, 0.5) is 0 Å². The number of rotatable bonds is 13. The highest BCUT2D eigenvalue weighted by molar-refractivity contribution is 6.29. The minimum Gasteiger partial charge on any atom is -0.293 e. The summed E-state index contributed by atoms with van der Waals surface area (Å²) in [5.74, 6) is 0.806. The fraction of sp³-hybridized carbons (Fsp3) is 0.578. The summed E-state index contributed by atoms with van der Waals surface area (Å²) in [6.07, 6.45) is 11.2. The number of allylic oxidation sites excluding steroid dienone is 4. The molecular weight excluding hydrogens is 555 g/mol. The van der Waals surface area contributed by atoms with Crippen LogP contribution >= 0.6 is 0 Å². The Bertz CT molecular complexity index is 1130. The topological polar surface area (TPSA) is 12.4 Å². The van der Waals surface area contributed by atoms with E-state index in [0.717, 1.165) is 18.1 Å². The lowest BCUT2D eigenvalue weighted by Crippen LogP contribution is -2.05. The molecule has 2 aromatic carbocycles. The van der Waals surface area contributed by atoms with Gasteiger partial charge < -0.3 is 0 Å². The van der Waals surface area contributed by atoms with Crippen molar-refractivity contribution in [2.45, 2.75) is 162 Å². The predicted octanol–water partition coefficient (Wildman–Crippen LogP) is 15.3. The van der Waals surface area contributed by atoms with E-state index < -0.39 is 0 Å². The van der Waals surface area contributed by atoms with Crippen LogP contribution < -0.4 is 0 Å². The molecule has 0 saturated carbocycles. The van der Waals surface area contributed by atoms with Crippen molar-refractivity contribution < 1.29 is 0 Å². The maximum atomic E-state index is 4.54. The summed E-state index contributed by atoms with van der Waals surface area (Å²) in [4.78, 5) is 4.54. The van der Waals surface area contributed by atoms with Crippen molar-refractivity contribution in [1.82, 2.24) is 0 Å². The van der Waals surface area contributed by atoms with E-state index >= 15 is 0 Å². The maximum absolute atomic E-state index is 4.54. The van der Waals surface area contributed by atoms with Crippen LogP contribution in [-0.4, -0.2) is 12.8 Å². The predicted molar refractivity (Wildman–Crippen MR) is 218 cm³/mol. The second-order valence-electron chi connectivity index (χ2n) is 12.0. The van der Waals surface area contributed by atoms with Gasteiger partial charge in [-0.2, -0.15) is 0 Å². The van der Waals surface area contributed by atoms with Crippen LogP contribution in [0.15, 0.2) is 65.7 Å². The molecule has 0 aliphatic rings. The smallest absolute Gasteiger partial charge is 0.0395 e. The first-order valence-corrected chi connectivity index (χ1v) is 18.6. The summed E-state index contributed by atoms with van der Waals surface area (Å²) in [5, 5.41) is 0. The van der Waals surface area contributed by atoms with E-state index in [-0.39, 0.29) is 0 Å². The maximum Gasteiger partial charge on any atom is 0.0395 e. The van der Waals surface area contributed by atoms with Gasteiger partial charge in [-0.3, -0.25) is 4.99 Å². The van der Waals surface area contributed by atoms with Crippen molar-refractivity contribution in [3.8, 4) is 0 Å². The Morgan fingerprint density at radius 3 is 1.57 bits per heavy atom. The highest BCUT2D eigenvalue weighted by atomic mass is 14.7. The molecule has 0 amide bonds. The highest BCUT2D eigenvalue weighted by Crippen LogP contribution is 2.33. The Hall–Kier alpha value is -2.67. The molecule has 2 rings (SSSR count). The fourth-order valence-corrected chi connectivity index (χ4v) is 5.47. The molecule has 0 spiro atoms. The lowest BCUT2D eigenvalue weighted by molar-refractivity contribution is 0.489. The zero-order chi connectivity index (χ0) is 36.2. The molecule has 0 fully saturated rings. The van der Waals surface area contributed by atoms with E-state index in [1.165, 1.54) is 107 Å². The van der Waals surface area contributed by atoms with E-state index in [0.29, 0.717) is 0 Å². The Labute approximate surface area is 289 Å². The average molecular weight is 632 g/mol. The minimum absolute atomic E-state index is 0.806. The molecule has 0 unspecified atom stereocenters. The van der Waals surface area contributed by atoms with Crippen LogP contribution in [-0.2, 0) is 0 Å². The molecule has 0 aliphatic heterocycles. The van der Waals surface area contributed by atoms with Crippen molar-refractivity contribution in [2.24, 2.45) is 10.9 Å². The number of benzene rings is 2. The third-order valence-corrected chi connectivity index (χ3v) is 7.93. The molecule has 0 saturated heterocycles. The molecule has 0 aromatic heterocycles. The van der Waals surface area contributed by atoms with Gasteiger partial charge in [-0.25, -0.2) is 0 Å². The monoisotopic (exact) mass is 632 g/mol. The fourth-order valence-electron chi connectivity index (χ4n) is 5.47. The van der Waals surface area contributed by atoms with Gasteiger partial charge in [0.1, 0.15) is 0 Å². The first kappa shape index (κ1) is 47.7. The molecule has 1 nitrogen and oxygen atoms in total. The number of aryl methyl sites for hydroxylation is 3. The third-order valence-electron chi connectivity index (χ3n) is 7.93. The zero-order valence-electron chi connectivity index (χ0n) is 33.8. The lowest BCUT2D eigenvalue weighted by atomic mass is 9.86. The number of nitrogens with zero attached hydrogens (tertiary/aromatic N) is 1. The van der Waals surface area contributed by atoms with Gasteiger partial charge >= 0.3 is 0 Å². The van der Waals surface area contributed by atoms with Gasteiger partial charge in [-0.1, -0.05) is 153 Å². The standard InChI is InChI=1S/C23H29N.C12H24.C6H12.2C2H6/c1-8-21(20-11-9-15(2)10-12-20)23(19(6)24-7)22-14-16(3)13-17(4)18(22)5;1-5-8-11(4)12(9-6-2)10-7-3;1-4-5-6(2)3;2*1-2/h9-14H,8H2,1-7H3;12H,4-10H2,1-3H3;2,4-5H2,1,3H3;2*1-2H3/b23-21+,24-19?;;;;. The second-order valence-corrected chi connectivity index (χ2v) is 12.0. The van der Waals surface area contributed by atoms with E-state index in [2.05, 4.69) is 131 Å². The lowest BCUT2D eigenvalue weighted by Gasteiger charge is -2.19. The van der Waals surface area contributed by atoms with Crippen LogP contribution in [0.2, 0.25) is 0 Å². The first-order valence-electron chi connectivity index (χ1n) is 18.6. The zero-order valence-corrected chi connectivity index (χ0v) is 33.8. The third kappa shape index (κ3) is 19.1. The van der Waals surface area contributed by atoms with Crippen LogP contribution in [0.25, 0.3) is 11.1 Å². The normalized spacial score (nSPS) is 10.9. The summed E-state index contributed by atoms with van der Waals surface area (Å²) in [5.41, 5.74) is 14.4. The van der Waals surface area contributed by atoms with E-state index in [1.807, 2.05) is 34.7 Å². The minimum atomic E-state index is 0.806. The van der Waals surface area contributed by atoms with Gasteiger partial charge in [0, 0.05) is 18.3 Å². The molecule has 0 radical (unpaired) electrons. The molecule has 0 N–H and O–H groups in total. The SMILES string of the molecule is C=C(C)CCC.C=C(CCC)C(CCC)CCC.CC.CC.CC/C(=C(/C(C)=NC)c1cc(C)cc(C)c1C)c1ccc(C)cc1. The van der Waals surface area contributed by atoms with E-state index in [1.54, 1.807) is 0 Å². The van der Waals surface area contributed by atoms with Gasteiger partial charge in [-0.05, 0) is 107 Å². The summed E-state index contributed by atoms with van der Waals surface area (Å²) in [6, 6.07) is 13.4. The van der Waals surface area contributed by atoms with Gasteiger partial charge in [0.25, 0.3) is 0 Å². The highest BCUT2D eigenvalue weighted by Gasteiger charge is 2.16. The molecular formula is C45H77N. The molecule has 46 heavy (non-hydrogen) atoms. The van der Waals surface area contributed by atoms with Crippen molar-refractivity contribution >= 4 is 16.9 Å². The Balaban J connectivity index is -0.000000701. The largest absolute Gasteiger partial charge is 0.293 e. The van der Waals surface area contributed by atoms with Gasteiger partial charge in [0.2, 0.25) is 0 Å². The molecule has 2 aromatic rings. The molecule has 0 bridgehead atoms. The van der Waals surface area contributed by atoms with Crippen LogP contribution in [0.3, 0.4) is 0 Å². The Morgan fingerprint density at radius 1 is 0.696 bits per heavy atom. The second kappa shape index (κ2) is 29.7. The van der Waals surface area contributed by atoms with Crippen molar-refractivity contribution in [3.63, 3.8) is 0 Å². The summed E-state index contributed by atoms with van der Waals surface area (Å²) >= 11 is 0. The molecule has 262 valence electrons. The Kier molecular flexibility index (Phi) is 30.8. The molecule has 0 aliphatic carbocycles. The van der Waals surface area contributed by atoms with Gasteiger partial charge in [0.05, 0.1) is 0 Å².